The zero-order chi connectivity index (χ0) is 21.6. The molecule has 0 bridgehead atoms. The molecule has 0 aromatic heterocycles. The molecular formula is C26H18N2O3. The van der Waals surface area contributed by atoms with Crippen LogP contribution in [0.15, 0.2) is 91.0 Å². The van der Waals surface area contributed by atoms with Crippen molar-refractivity contribution in [3.8, 4) is 11.8 Å². The topological polar surface area (TPSA) is 76.2 Å². The molecule has 0 saturated heterocycles. The molecule has 4 aromatic carbocycles. The summed E-state index contributed by atoms with van der Waals surface area (Å²) >= 11 is 0. The van der Waals surface area contributed by atoms with Gasteiger partial charge in [-0.15, -0.1) is 0 Å². The Balaban J connectivity index is 1.47. The first-order valence-corrected chi connectivity index (χ1v) is 9.69. The maximum absolute atomic E-state index is 11.0. The highest BCUT2D eigenvalue weighted by Gasteiger charge is 2.09. The molecule has 0 saturated carbocycles. The number of nitrogens with zero attached hydrogens (tertiary/aromatic N) is 2. The average molecular weight is 406 g/mol. The predicted molar refractivity (Wildman–Crippen MR) is 121 cm³/mol. The third kappa shape index (κ3) is 4.77. The van der Waals surface area contributed by atoms with Gasteiger partial charge in [-0.3, -0.25) is 10.1 Å². The fourth-order valence-electron chi connectivity index (χ4n) is 3.29. The van der Waals surface area contributed by atoms with Crippen LogP contribution in [-0.2, 0) is 6.61 Å². The van der Waals surface area contributed by atoms with Crippen LogP contribution in [0.3, 0.4) is 0 Å². The van der Waals surface area contributed by atoms with Crippen molar-refractivity contribution in [3.05, 3.63) is 118 Å². The molecule has 150 valence electrons. The van der Waals surface area contributed by atoms with Crippen molar-refractivity contribution >= 4 is 28.1 Å². The van der Waals surface area contributed by atoms with E-state index in [9.17, 15) is 15.4 Å². The van der Waals surface area contributed by atoms with Crippen molar-refractivity contribution in [1.29, 1.82) is 5.26 Å². The molecule has 0 spiro atoms. The van der Waals surface area contributed by atoms with Gasteiger partial charge in [-0.05, 0) is 51.7 Å². The predicted octanol–water partition coefficient (Wildman–Crippen LogP) is 6.39. The Hall–Kier alpha value is -4.43. The summed E-state index contributed by atoms with van der Waals surface area (Å²) in [6.07, 6.45) is 1.70. The first kappa shape index (κ1) is 19.9. The van der Waals surface area contributed by atoms with Gasteiger partial charge in [-0.2, -0.15) is 5.26 Å². The van der Waals surface area contributed by atoms with Crippen molar-refractivity contribution in [1.82, 2.24) is 0 Å². The lowest BCUT2D eigenvalue weighted by Crippen LogP contribution is -1.95. The van der Waals surface area contributed by atoms with Gasteiger partial charge in [0.1, 0.15) is 12.4 Å². The molecule has 4 rings (SSSR count). The van der Waals surface area contributed by atoms with Crippen molar-refractivity contribution in [2.75, 3.05) is 0 Å². The van der Waals surface area contributed by atoms with E-state index in [2.05, 4.69) is 36.4 Å². The summed E-state index contributed by atoms with van der Waals surface area (Å²) in [5.74, 6) is 0.721. The second-order valence-electron chi connectivity index (χ2n) is 7.02. The molecule has 0 unspecified atom stereocenters. The fraction of sp³-hybridized carbons (Fsp3) is 0.0385. The number of nitro benzene ring substituents is 1. The number of rotatable bonds is 6. The molecule has 0 atom stereocenters. The number of nitro groups is 1. The van der Waals surface area contributed by atoms with Gasteiger partial charge in [0.15, 0.2) is 0 Å². The van der Waals surface area contributed by atoms with Crippen molar-refractivity contribution < 1.29 is 9.66 Å². The van der Waals surface area contributed by atoms with E-state index in [0.717, 1.165) is 16.9 Å². The van der Waals surface area contributed by atoms with E-state index in [4.69, 9.17) is 4.74 Å². The molecule has 0 radical (unpaired) electrons. The van der Waals surface area contributed by atoms with Gasteiger partial charge in [-0.1, -0.05) is 60.7 Å². The standard InChI is InChI=1S/C26H18N2O3/c27-17-24(23-6-3-7-25(16-23)28(29)30)14-19-9-12-26(13-10-19)31-18-20-8-11-21-4-1-2-5-22(21)15-20/h1-16H,18H2. The quantitative estimate of drug-likeness (QED) is 0.161. The van der Waals surface area contributed by atoms with Crippen LogP contribution in [0.5, 0.6) is 5.75 Å². The zero-order valence-corrected chi connectivity index (χ0v) is 16.6. The average Bonchev–Trinajstić information content (AvgIpc) is 2.82. The van der Waals surface area contributed by atoms with Crippen LogP contribution in [0.25, 0.3) is 22.4 Å². The second-order valence-corrected chi connectivity index (χ2v) is 7.02. The Bertz CT molecular complexity index is 1320. The Kier molecular flexibility index (Phi) is 5.72. The van der Waals surface area contributed by atoms with Crippen molar-refractivity contribution in [2.45, 2.75) is 6.61 Å². The number of hydrogen-bond donors (Lipinski definition) is 0. The molecule has 5 nitrogen and oxygen atoms in total. The van der Waals surface area contributed by atoms with E-state index < -0.39 is 4.92 Å². The number of nitriles is 1. The number of non-ortho nitro benzene ring substituents is 1. The minimum absolute atomic E-state index is 0.0453. The Morgan fingerprint density at radius 2 is 1.71 bits per heavy atom. The zero-order valence-electron chi connectivity index (χ0n) is 16.6. The van der Waals surface area contributed by atoms with Crippen LogP contribution in [0, 0.1) is 21.4 Å². The first-order valence-electron chi connectivity index (χ1n) is 9.69. The van der Waals surface area contributed by atoms with Crippen molar-refractivity contribution in [2.24, 2.45) is 0 Å². The highest BCUT2D eigenvalue weighted by molar-refractivity contribution is 5.90. The minimum Gasteiger partial charge on any atom is -0.489 e. The smallest absolute Gasteiger partial charge is 0.270 e. The van der Waals surface area contributed by atoms with Gasteiger partial charge in [0.25, 0.3) is 5.69 Å². The summed E-state index contributed by atoms with van der Waals surface area (Å²) in [7, 11) is 0. The molecule has 5 heteroatoms. The summed E-state index contributed by atoms with van der Waals surface area (Å²) in [4.78, 5) is 10.5. The third-order valence-electron chi connectivity index (χ3n) is 4.90. The lowest BCUT2D eigenvalue weighted by molar-refractivity contribution is -0.384. The van der Waals surface area contributed by atoms with Gasteiger partial charge in [0.05, 0.1) is 16.6 Å². The first-order chi connectivity index (χ1) is 15.1. The maximum Gasteiger partial charge on any atom is 0.270 e. The molecule has 0 aliphatic heterocycles. The molecule has 0 N–H and O–H groups in total. The van der Waals surface area contributed by atoms with Crippen LogP contribution >= 0.6 is 0 Å². The molecule has 0 heterocycles. The van der Waals surface area contributed by atoms with Crippen LogP contribution in [-0.4, -0.2) is 4.92 Å². The summed E-state index contributed by atoms with van der Waals surface area (Å²) in [5.41, 5.74) is 2.71. The lowest BCUT2D eigenvalue weighted by atomic mass is 10.0. The largest absolute Gasteiger partial charge is 0.489 e. The molecule has 0 aliphatic carbocycles. The molecule has 4 aromatic rings. The van der Waals surface area contributed by atoms with Gasteiger partial charge in [-0.25, -0.2) is 0 Å². The number of allylic oxidation sites excluding steroid dienone is 1. The highest BCUT2D eigenvalue weighted by Crippen LogP contribution is 2.23. The van der Waals surface area contributed by atoms with Gasteiger partial charge < -0.3 is 4.74 Å². The van der Waals surface area contributed by atoms with Crippen LogP contribution in [0.1, 0.15) is 16.7 Å². The number of fused-ring (bicyclic) bond motifs is 1. The van der Waals surface area contributed by atoms with Crippen molar-refractivity contribution in [3.63, 3.8) is 0 Å². The fourth-order valence-corrected chi connectivity index (χ4v) is 3.29. The van der Waals surface area contributed by atoms with Gasteiger partial charge >= 0.3 is 0 Å². The summed E-state index contributed by atoms with van der Waals surface area (Å²) in [5, 5.41) is 22.8. The normalized spacial score (nSPS) is 11.1. The molecule has 0 amide bonds. The van der Waals surface area contributed by atoms with E-state index in [-0.39, 0.29) is 5.69 Å². The summed E-state index contributed by atoms with van der Waals surface area (Å²) in [6.45, 7) is 0.456. The van der Waals surface area contributed by atoms with E-state index in [1.54, 1.807) is 18.2 Å². The monoisotopic (exact) mass is 406 g/mol. The number of ether oxygens (including phenoxy) is 1. The van der Waals surface area contributed by atoms with E-state index in [1.165, 1.54) is 22.9 Å². The summed E-state index contributed by atoms with van der Waals surface area (Å²) < 4.78 is 5.89. The summed E-state index contributed by atoms with van der Waals surface area (Å²) in [6, 6.07) is 30.0. The Morgan fingerprint density at radius 1 is 0.935 bits per heavy atom. The van der Waals surface area contributed by atoms with Crippen LogP contribution < -0.4 is 4.74 Å². The second kappa shape index (κ2) is 8.93. The van der Waals surface area contributed by atoms with Crippen LogP contribution in [0.2, 0.25) is 0 Å². The van der Waals surface area contributed by atoms with E-state index in [0.29, 0.717) is 17.7 Å². The maximum atomic E-state index is 11.0. The van der Waals surface area contributed by atoms with Gasteiger partial charge in [0, 0.05) is 12.1 Å². The van der Waals surface area contributed by atoms with E-state index in [1.807, 2.05) is 36.4 Å². The van der Waals surface area contributed by atoms with Crippen LogP contribution in [0.4, 0.5) is 5.69 Å². The molecule has 31 heavy (non-hydrogen) atoms. The number of hydrogen-bond acceptors (Lipinski definition) is 4. The SMILES string of the molecule is N#CC(=Cc1ccc(OCc2ccc3ccccc3c2)cc1)c1cccc([N+](=O)[O-])c1. The number of benzene rings is 4. The lowest BCUT2D eigenvalue weighted by Gasteiger charge is -2.08. The Labute approximate surface area is 179 Å². The molecule has 0 aliphatic rings. The minimum atomic E-state index is -0.472. The highest BCUT2D eigenvalue weighted by atomic mass is 16.6. The molecule has 0 fully saturated rings. The molecular weight excluding hydrogens is 388 g/mol. The Morgan fingerprint density at radius 3 is 2.45 bits per heavy atom. The third-order valence-corrected chi connectivity index (χ3v) is 4.90. The van der Waals surface area contributed by atoms with E-state index >= 15 is 0 Å². The van der Waals surface area contributed by atoms with Gasteiger partial charge in [0.2, 0.25) is 0 Å².